The number of aliphatic hydroxyl groups is 1. The van der Waals surface area contributed by atoms with Gasteiger partial charge in [-0.1, -0.05) is 6.42 Å². The number of nitrogens with zero attached hydrogens (tertiary/aromatic N) is 3. The number of aromatic nitrogens is 2. The zero-order valence-corrected chi connectivity index (χ0v) is 14.4. The molecule has 1 fully saturated rings. The molecule has 126 valence electrons. The number of rotatable bonds is 5. The van der Waals surface area contributed by atoms with Crippen LogP contribution in [0.2, 0.25) is 0 Å². The SMILES string of the molecule is Cc1ccc(C2CCCCN2Cc2c(C)nn(CCO)c2C)o1. The highest BCUT2D eigenvalue weighted by atomic mass is 16.3. The van der Waals surface area contributed by atoms with Crippen molar-refractivity contribution in [2.45, 2.75) is 59.2 Å². The van der Waals surface area contributed by atoms with Crippen molar-refractivity contribution < 1.29 is 9.52 Å². The van der Waals surface area contributed by atoms with E-state index in [1.165, 1.54) is 18.4 Å². The zero-order chi connectivity index (χ0) is 16.4. The molecule has 1 saturated heterocycles. The molecule has 1 atom stereocenters. The molecule has 5 nitrogen and oxygen atoms in total. The molecule has 0 spiro atoms. The maximum Gasteiger partial charge on any atom is 0.121 e. The molecule has 5 heteroatoms. The minimum absolute atomic E-state index is 0.124. The van der Waals surface area contributed by atoms with Crippen LogP contribution in [-0.2, 0) is 13.1 Å². The Labute approximate surface area is 137 Å². The Morgan fingerprint density at radius 2 is 2.09 bits per heavy atom. The van der Waals surface area contributed by atoms with E-state index in [0.717, 1.165) is 42.4 Å². The van der Waals surface area contributed by atoms with Crippen molar-refractivity contribution in [1.29, 1.82) is 0 Å². The van der Waals surface area contributed by atoms with Crippen LogP contribution in [0.5, 0.6) is 0 Å². The van der Waals surface area contributed by atoms with Gasteiger partial charge in [-0.15, -0.1) is 0 Å². The Bertz CT molecular complexity index is 659. The summed E-state index contributed by atoms with van der Waals surface area (Å²) in [4.78, 5) is 2.52. The first kappa shape index (κ1) is 16.3. The van der Waals surface area contributed by atoms with Gasteiger partial charge in [-0.2, -0.15) is 5.10 Å². The Morgan fingerprint density at radius 3 is 2.78 bits per heavy atom. The summed E-state index contributed by atoms with van der Waals surface area (Å²) in [7, 11) is 0. The molecule has 2 aromatic rings. The van der Waals surface area contributed by atoms with Gasteiger partial charge in [0.1, 0.15) is 11.5 Å². The fourth-order valence-corrected chi connectivity index (χ4v) is 3.61. The van der Waals surface area contributed by atoms with Crippen LogP contribution in [0.15, 0.2) is 16.5 Å². The van der Waals surface area contributed by atoms with Crippen molar-refractivity contribution in [2.75, 3.05) is 13.2 Å². The van der Waals surface area contributed by atoms with Gasteiger partial charge < -0.3 is 9.52 Å². The average Bonchev–Trinajstić information content (AvgIpc) is 3.07. The Balaban J connectivity index is 1.82. The fraction of sp³-hybridized carbons (Fsp3) is 0.611. The standard InChI is InChI=1S/C18H27N3O2/c1-13-7-8-18(23-13)17-6-4-5-9-20(17)12-16-14(2)19-21(10-11-22)15(16)3/h7-8,17,22H,4-6,9-12H2,1-3H3. The molecular weight excluding hydrogens is 290 g/mol. The van der Waals surface area contributed by atoms with Gasteiger partial charge in [-0.05, 0) is 52.3 Å². The van der Waals surface area contributed by atoms with Crippen molar-refractivity contribution >= 4 is 0 Å². The van der Waals surface area contributed by atoms with Crippen LogP contribution < -0.4 is 0 Å². The lowest BCUT2D eigenvalue weighted by atomic mass is 9.99. The number of aryl methyl sites for hydroxylation is 2. The van der Waals surface area contributed by atoms with Crippen LogP contribution in [0.25, 0.3) is 0 Å². The van der Waals surface area contributed by atoms with E-state index in [-0.39, 0.29) is 6.61 Å². The van der Waals surface area contributed by atoms with E-state index >= 15 is 0 Å². The first-order valence-electron chi connectivity index (χ1n) is 8.54. The molecule has 0 bridgehead atoms. The topological polar surface area (TPSA) is 54.4 Å². The Hall–Kier alpha value is -1.59. The smallest absolute Gasteiger partial charge is 0.121 e. The van der Waals surface area contributed by atoms with Gasteiger partial charge in [0.25, 0.3) is 0 Å². The third kappa shape index (κ3) is 3.35. The van der Waals surface area contributed by atoms with Gasteiger partial charge in [0.2, 0.25) is 0 Å². The van der Waals surface area contributed by atoms with Crippen molar-refractivity contribution in [3.8, 4) is 0 Å². The number of hydrogen-bond donors (Lipinski definition) is 1. The maximum absolute atomic E-state index is 9.18. The molecule has 1 N–H and O–H groups in total. The third-order valence-corrected chi connectivity index (χ3v) is 4.91. The quantitative estimate of drug-likeness (QED) is 0.920. The molecule has 1 unspecified atom stereocenters. The van der Waals surface area contributed by atoms with Crippen LogP contribution in [0.4, 0.5) is 0 Å². The Kier molecular flexibility index (Phi) is 4.87. The predicted molar refractivity (Wildman–Crippen MR) is 89.2 cm³/mol. The van der Waals surface area contributed by atoms with E-state index in [4.69, 9.17) is 4.42 Å². The first-order chi connectivity index (χ1) is 11.1. The minimum atomic E-state index is 0.124. The molecule has 2 aromatic heterocycles. The summed E-state index contributed by atoms with van der Waals surface area (Å²) >= 11 is 0. The van der Waals surface area contributed by atoms with Crippen molar-refractivity contribution in [3.05, 3.63) is 40.6 Å². The highest BCUT2D eigenvalue weighted by molar-refractivity contribution is 5.25. The molecule has 3 rings (SSSR count). The normalized spacial score (nSPS) is 19.4. The van der Waals surface area contributed by atoms with Crippen molar-refractivity contribution in [2.24, 2.45) is 0 Å². The van der Waals surface area contributed by atoms with Crippen LogP contribution >= 0.6 is 0 Å². The molecule has 0 aromatic carbocycles. The monoisotopic (exact) mass is 317 g/mol. The summed E-state index contributed by atoms with van der Waals surface area (Å²) in [5, 5.41) is 13.7. The summed E-state index contributed by atoms with van der Waals surface area (Å²) in [6, 6.07) is 4.53. The number of likely N-dealkylation sites (tertiary alicyclic amines) is 1. The summed E-state index contributed by atoms with van der Waals surface area (Å²) in [6.45, 7) is 8.84. The lowest BCUT2D eigenvalue weighted by Crippen LogP contribution is -2.33. The highest BCUT2D eigenvalue weighted by Gasteiger charge is 2.28. The molecular formula is C18H27N3O2. The van der Waals surface area contributed by atoms with Gasteiger partial charge in [-0.3, -0.25) is 9.58 Å². The van der Waals surface area contributed by atoms with E-state index < -0.39 is 0 Å². The van der Waals surface area contributed by atoms with Gasteiger partial charge in [0.15, 0.2) is 0 Å². The molecule has 0 amide bonds. The molecule has 1 aliphatic heterocycles. The molecule has 3 heterocycles. The number of furan rings is 1. The fourth-order valence-electron chi connectivity index (χ4n) is 3.61. The second-order valence-corrected chi connectivity index (χ2v) is 6.53. The number of aliphatic hydroxyl groups excluding tert-OH is 1. The van der Waals surface area contributed by atoms with Crippen LogP contribution in [0, 0.1) is 20.8 Å². The average molecular weight is 317 g/mol. The van der Waals surface area contributed by atoms with E-state index in [0.29, 0.717) is 12.6 Å². The highest BCUT2D eigenvalue weighted by Crippen LogP contribution is 2.33. The largest absolute Gasteiger partial charge is 0.465 e. The second kappa shape index (κ2) is 6.89. The Morgan fingerprint density at radius 1 is 1.26 bits per heavy atom. The van der Waals surface area contributed by atoms with E-state index in [9.17, 15) is 5.11 Å². The van der Waals surface area contributed by atoms with Gasteiger partial charge >= 0.3 is 0 Å². The van der Waals surface area contributed by atoms with Gasteiger partial charge in [0.05, 0.1) is 24.9 Å². The number of piperidine rings is 1. The van der Waals surface area contributed by atoms with E-state index in [1.54, 1.807) is 0 Å². The second-order valence-electron chi connectivity index (χ2n) is 6.53. The van der Waals surface area contributed by atoms with E-state index in [1.807, 2.05) is 11.6 Å². The summed E-state index contributed by atoms with van der Waals surface area (Å²) in [5.41, 5.74) is 3.51. The molecule has 23 heavy (non-hydrogen) atoms. The van der Waals surface area contributed by atoms with Crippen molar-refractivity contribution in [1.82, 2.24) is 14.7 Å². The minimum Gasteiger partial charge on any atom is -0.465 e. The van der Waals surface area contributed by atoms with Crippen LogP contribution in [0.3, 0.4) is 0 Å². The summed E-state index contributed by atoms with van der Waals surface area (Å²) in [6.07, 6.45) is 3.64. The molecule has 0 saturated carbocycles. The lowest BCUT2D eigenvalue weighted by molar-refractivity contribution is 0.121. The van der Waals surface area contributed by atoms with Gasteiger partial charge in [-0.25, -0.2) is 0 Å². The lowest BCUT2D eigenvalue weighted by Gasteiger charge is -2.34. The maximum atomic E-state index is 9.18. The molecule has 1 aliphatic rings. The first-order valence-corrected chi connectivity index (χ1v) is 8.54. The molecule has 0 radical (unpaired) electrons. The van der Waals surface area contributed by atoms with E-state index in [2.05, 4.69) is 36.0 Å². The summed E-state index contributed by atoms with van der Waals surface area (Å²) in [5.74, 6) is 2.06. The summed E-state index contributed by atoms with van der Waals surface area (Å²) < 4.78 is 7.82. The predicted octanol–water partition coefficient (Wildman–Crippen LogP) is 3.12. The number of hydrogen-bond acceptors (Lipinski definition) is 4. The van der Waals surface area contributed by atoms with Crippen molar-refractivity contribution in [3.63, 3.8) is 0 Å². The zero-order valence-electron chi connectivity index (χ0n) is 14.4. The third-order valence-electron chi connectivity index (χ3n) is 4.91. The van der Waals surface area contributed by atoms with Crippen LogP contribution in [-0.4, -0.2) is 32.9 Å². The van der Waals surface area contributed by atoms with Crippen LogP contribution in [0.1, 0.15) is 53.8 Å². The van der Waals surface area contributed by atoms with Gasteiger partial charge in [0, 0.05) is 17.8 Å². The molecule has 0 aliphatic carbocycles.